The summed E-state index contributed by atoms with van der Waals surface area (Å²) in [5.41, 5.74) is 3.84. The number of hydrogen-bond donors (Lipinski definition) is 0. The van der Waals surface area contributed by atoms with Gasteiger partial charge in [-0.1, -0.05) is 0 Å². The van der Waals surface area contributed by atoms with Crippen molar-refractivity contribution in [3.05, 3.63) is 48.2 Å². The second-order valence-electron chi connectivity index (χ2n) is 5.69. The Morgan fingerprint density at radius 2 is 1.79 bits per heavy atom. The fourth-order valence-electron chi connectivity index (χ4n) is 2.32. The summed E-state index contributed by atoms with van der Waals surface area (Å²) in [6, 6.07) is 12.8. The molecule has 0 unspecified atom stereocenters. The van der Waals surface area contributed by atoms with Crippen molar-refractivity contribution in [2.24, 2.45) is 5.92 Å². The standard InChI is InChI=1S/C17H22GeN/c1-13(2)10-15-11-17(14-8-6-5-7-9-14)19-12-16(15)18(3)4/h5-9,11-13H,10H2,1-4H3. The first-order valence-corrected chi connectivity index (χ1v) is 12.2. The third-order valence-electron chi connectivity index (χ3n) is 3.23. The number of pyridine rings is 1. The molecule has 1 nitrogen and oxygen atoms in total. The van der Waals surface area contributed by atoms with Crippen molar-refractivity contribution in [1.29, 1.82) is 0 Å². The van der Waals surface area contributed by atoms with Crippen molar-refractivity contribution in [2.45, 2.75) is 31.8 Å². The fraction of sp³-hybridized carbons (Fsp3) is 0.353. The van der Waals surface area contributed by atoms with Gasteiger partial charge in [0.15, 0.2) is 0 Å². The van der Waals surface area contributed by atoms with Crippen LogP contribution >= 0.6 is 0 Å². The second kappa shape index (κ2) is 6.38. The molecule has 1 radical (unpaired) electrons. The normalized spacial score (nSPS) is 11.3. The number of hydrogen-bond acceptors (Lipinski definition) is 1. The number of benzene rings is 1. The van der Waals surface area contributed by atoms with Gasteiger partial charge in [0.1, 0.15) is 0 Å². The van der Waals surface area contributed by atoms with Crippen molar-refractivity contribution in [3.63, 3.8) is 0 Å². The molecule has 0 spiro atoms. The fourth-order valence-corrected chi connectivity index (χ4v) is 4.71. The van der Waals surface area contributed by atoms with E-state index in [1.165, 1.54) is 11.1 Å². The van der Waals surface area contributed by atoms with E-state index >= 15 is 0 Å². The van der Waals surface area contributed by atoms with Gasteiger partial charge >= 0.3 is 121 Å². The predicted molar refractivity (Wildman–Crippen MR) is 85.3 cm³/mol. The van der Waals surface area contributed by atoms with E-state index < -0.39 is 14.3 Å². The summed E-state index contributed by atoms with van der Waals surface area (Å²) in [4.78, 5) is 4.68. The Kier molecular flexibility index (Phi) is 4.81. The van der Waals surface area contributed by atoms with Crippen molar-refractivity contribution in [1.82, 2.24) is 4.98 Å². The third kappa shape index (κ3) is 3.69. The van der Waals surface area contributed by atoms with Gasteiger partial charge in [0.05, 0.1) is 0 Å². The Morgan fingerprint density at radius 1 is 1.11 bits per heavy atom. The maximum atomic E-state index is 4.68. The minimum atomic E-state index is -1.07. The van der Waals surface area contributed by atoms with Gasteiger partial charge in [0.25, 0.3) is 0 Å². The van der Waals surface area contributed by atoms with Crippen LogP contribution < -0.4 is 4.40 Å². The molecule has 0 saturated carbocycles. The van der Waals surface area contributed by atoms with Crippen LogP contribution in [0.1, 0.15) is 19.4 Å². The minimum absolute atomic E-state index is 0.697. The van der Waals surface area contributed by atoms with Gasteiger partial charge in [-0.2, -0.15) is 0 Å². The van der Waals surface area contributed by atoms with E-state index in [4.69, 9.17) is 0 Å². The van der Waals surface area contributed by atoms with Crippen LogP contribution in [0, 0.1) is 5.92 Å². The topological polar surface area (TPSA) is 12.9 Å². The monoisotopic (exact) mass is 314 g/mol. The molecule has 0 N–H and O–H groups in total. The molecule has 0 amide bonds. The van der Waals surface area contributed by atoms with E-state index in [9.17, 15) is 0 Å². The molecule has 0 aliphatic carbocycles. The van der Waals surface area contributed by atoms with Gasteiger partial charge in [-0.05, 0) is 0 Å². The van der Waals surface area contributed by atoms with E-state index in [0.29, 0.717) is 5.92 Å². The molecule has 2 heteroatoms. The van der Waals surface area contributed by atoms with E-state index in [1.807, 2.05) is 0 Å². The van der Waals surface area contributed by atoms with Gasteiger partial charge in [-0.3, -0.25) is 0 Å². The average molecular weight is 313 g/mol. The van der Waals surface area contributed by atoms with Crippen LogP contribution in [0.15, 0.2) is 42.6 Å². The molecule has 1 aromatic carbocycles. The van der Waals surface area contributed by atoms with Crippen LogP contribution in [-0.4, -0.2) is 19.3 Å². The van der Waals surface area contributed by atoms with Crippen LogP contribution in [0.3, 0.4) is 0 Å². The molecule has 0 aliphatic rings. The van der Waals surface area contributed by atoms with E-state index in [-0.39, 0.29) is 0 Å². The average Bonchev–Trinajstić information content (AvgIpc) is 2.38. The Balaban J connectivity index is 2.43. The van der Waals surface area contributed by atoms with E-state index in [2.05, 4.69) is 72.9 Å². The first-order valence-electron chi connectivity index (χ1n) is 6.93. The number of nitrogens with zero attached hydrogens (tertiary/aromatic N) is 1. The van der Waals surface area contributed by atoms with E-state index in [0.717, 1.165) is 12.1 Å². The molecule has 0 atom stereocenters. The Morgan fingerprint density at radius 3 is 2.37 bits per heavy atom. The van der Waals surface area contributed by atoms with Crippen LogP contribution in [-0.2, 0) is 6.42 Å². The van der Waals surface area contributed by atoms with Crippen LogP contribution in [0.5, 0.6) is 0 Å². The third-order valence-corrected chi connectivity index (χ3v) is 6.43. The molecular weight excluding hydrogens is 291 g/mol. The molecule has 2 aromatic rings. The van der Waals surface area contributed by atoms with Crippen LogP contribution in [0.2, 0.25) is 11.5 Å². The van der Waals surface area contributed by atoms with Crippen molar-refractivity contribution in [2.75, 3.05) is 0 Å². The molecule has 19 heavy (non-hydrogen) atoms. The van der Waals surface area contributed by atoms with Gasteiger partial charge in [0, 0.05) is 0 Å². The Hall–Kier alpha value is -1.09. The summed E-state index contributed by atoms with van der Waals surface area (Å²) >= 11 is -1.07. The predicted octanol–water partition coefficient (Wildman–Crippen LogP) is 3.91. The zero-order chi connectivity index (χ0) is 13.8. The Labute approximate surface area is 121 Å². The van der Waals surface area contributed by atoms with Crippen LogP contribution in [0.25, 0.3) is 11.3 Å². The van der Waals surface area contributed by atoms with E-state index in [1.54, 1.807) is 4.40 Å². The van der Waals surface area contributed by atoms with Crippen molar-refractivity contribution >= 4 is 18.7 Å². The SMILES string of the molecule is CC(C)Cc1cc(-c2ccccc2)nc[c]1[Ge]([CH3])[CH3]. The van der Waals surface area contributed by atoms with Gasteiger partial charge in [0.2, 0.25) is 0 Å². The van der Waals surface area contributed by atoms with Gasteiger partial charge < -0.3 is 0 Å². The zero-order valence-corrected chi connectivity index (χ0v) is 14.4. The first kappa shape index (κ1) is 14.3. The first-order chi connectivity index (χ1) is 9.08. The van der Waals surface area contributed by atoms with Crippen molar-refractivity contribution in [3.8, 4) is 11.3 Å². The number of aromatic nitrogens is 1. The molecular formula is C17H22GeN. The van der Waals surface area contributed by atoms with Crippen LogP contribution in [0.4, 0.5) is 0 Å². The molecule has 0 aliphatic heterocycles. The maximum absolute atomic E-state index is 4.68. The summed E-state index contributed by atoms with van der Waals surface area (Å²) in [6.45, 7) is 4.58. The molecule has 2 rings (SSSR count). The summed E-state index contributed by atoms with van der Waals surface area (Å²) in [6.07, 6.45) is 3.30. The summed E-state index contributed by atoms with van der Waals surface area (Å²) in [5.74, 6) is 5.51. The van der Waals surface area contributed by atoms with Crippen molar-refractivity contribution < 1.29 is 0 Å². The summed E-state index contributed by atoms with van der Waals surface area (Å²) in [7, 11) is 0. The number of rotatable bonds is 4. The van der Waals surface area contributed by atoms with Gasteiger partial charge in [-0.25, -0.2) is 0 Å². The zero-order valence-electron chi connectivity index (χ0n) is 12.3. The molecule has 99 valence electrons. The molecule has 0 saturated heterocycles. The second-order valence-corrected chi connectivity index (χ2v) is 11.0. The van der Waals surface area contributed by atoms with Gasteiger partial charge in [-0.15, -0.1) is 0 Å². The quantitative estimate of drug-likeness (QED) is 0.780. The molecule has 1 aromatic heterocycles. The summed E-state index contributed by atoms with van der Waals surface area (Å²) in [5, 5.41) is 0. The molecule has 0 bridgehead atoms. The Bertz CT molecular complexity index is 532. The molecule has 0 fully saturated rings. The molecule has 1 heterocycles. The summed E-state index contributed by atoms with van der Waals surface area (Å²) < 4.78 is 1.55.